The van der Waals surface area contributed by atoms with Crippen molar-refractivity contribution in [3.05, 3.63) is 41.1 Å². The van der Waals surface area contributed by atoms with Crippen molar-refractivity contribution in [1.82, 2.24) is 14.7 Å². The van der Waals surface area contributed by atoms with Crippen molar-refractivity contribution in [1.29, 1.82) is 0 Å². The Balaban J connectivity index is 2.48. The lowest BCUT2D eigenvalue weighted by Gasteiger charge is -2.17. The second kappa shape index (κ2) is 9.60. The van der Waals surface area contributed by atoms with Crippen LogP contribution in [0.3, 0.4) is 0 Å². The summed E-state index contributed by atoms with van der Waals surface area (Å²) in [6.07, 6.45) is 2.35. The second-order valence-corrected chi connectivity index (χ2v) is 6.99. The maximum atomic E-state index is 12.7. The van der Waals surface area contributed by atoms with E-state index in [1.807, 2.05) is 32.9 Å². The minimum absolute atomic E-state index is 0.252. The molecule has 0 bridgehead atoms. The number of nitrogens with zero attached hydrogens (tertiary/aromatic N) is 3. The molecule has 0 spiro atoms. The minimum Gasteiger partial charge on any atom is -0.462 e. The Morgan fingerprint density at radius 2 is 1.89 bits per heavy atom. The van der Waals surface area contributed by atoms with Crippen LogP contribution in [-0.2, 0) is 11.2 Å². The average Bonchev–Trinajstić information content (AvgIpc) is 3.08. The number of aromatic nitrogens is 2. The molecule has 6 nitrogen and oxygen atoms in total. The molecular weight excluding hydrogens is 362 g/mol. The molecule has 0 aliphatic heterocycles. The van der Waals surface area contributed by atoms with Crippen LogP contribution in [0.4, 0.5) is 4.79 Å². The van der Waals surface area contributed by atoms with Gasteiger partial charge in [-0.1, -0.05) is 36.9 Å². The van der Waals surface area contributed by atoms with E-state index in [-0.39, 0.29) is 12.6 Å². The zero-order chi connectivity index (χ0) is 20.0. The Morgan fingerprint density at radius 3 is 2.48 bits per heavy atom. The van der Waals surface area contributed by atoms with Crippen molar-refractivity contribution in [3.8, 4) is 0 Å². The Bertz CT molecular complexity index is 813. The third-order valence-electron chi connectivity index (χ3n) is 4.28. The van der Waals surface area contributed by atoms with Gasteiger partial charge in [-0.05, 0) is 45.2 Å². The second-order valence-electron chi connectivity index (χ2n) is 5.99. The van der Waals surface area contributed by atoms with Crippen LogP contribution >= 0.6 is 11.8 Å². The third kappa shape index (κ3) is 4.71. The van der Waals surface area contributed by atoms with Crippen molar-refractivity contribution in [2.24, 2.45) is 0 Å². The molecule has 0 fully saturated rings. The van der Waals surface area contributed by atoms with Gasteiger partial charge in [-0.25, -0.2) is 9.59 Å². The highest BCUT2D eigenvalue weighted by Gasteiger charge is 2.24. The van der Waals surface area contributed by atoms with E-state index >= 15 is 0 Å². The fourth-order valence-corrected chi connectivity index (χ4v) is 3.89. The number of rotatable bonds is 7. The Kier molecular flexibility index (Phi) is 7.47. The SMILES string of the molecule is CCOC(=O)c1cn(C(=O)N(CC)CC)nc1Sc1c(C)cccc1CC. The summed E-state index contributed by atoms with van der Waals surface area (Å²) in [6, 6.07) is 5.87. The van der Waals surface area contributed by atoms with Gasteiger partial charge < -0.3 is 9.64 Å². The number of esters is 1. The highest BCUT2D eigenvalue weighted by molar-refractivity contribution is 7.99. The van der Waals surface area contributed by atoms with Gasteiger partial charge >= 0.3 is 12.0 Å². The van der Waals surface area contributed by atoms with Crippen LogP contribution in [0.2, 0.25) is 0 Å². The Morgan fingerprint density at radius 1 is 1.19 bits per heavy atom. The summed E-state index contributed by atoms with van der Waals surface area (Å²) in [6.45, 7) is 11.1. The smallest absolute Gasteiger partial charge is 0.344 e. The molecule has 0 saturated carbocycles. The average molecular weight is 390 g/mol. The zero-order valence-corrected chi connectivity index (χ0v) is 17.4. The molecule has 0 saturated heterocycles. The number of carbonyl (C=O) groups is 2. The lowest BCUT2D eigenvalue weighted by Crippen LogP contribution is -2.34. The van der Waals surface area contributed by atoms with E-state index in [0.717, 1.165) is 16.9 Å². The molecule has 146 valence electrons. The van der Waals surface area contributed by atoms with Crippen molar-refractivity contribution in [2.75, 3.05) is 19.7 Å². The number of amides is 1. The van der Waals surface area contributed by atoms with Gasteiger partial charge in [-0.15, -0.1) is 0 Å². The summed E-state index contributed by atoms with van der Waals surface area (Å²) in [7, 11) is 0. The molecular formula is C20H27N3O3S. The molecule has 2 rings (SSSR count). The maximum Gasteiger partial charge on any atom is 0.344 e. The summed E-state index contributed by atoms with van der Waals surface area (Å²) in [5, 5.41) is 4.91. The van der Waals surface area contributed by atoms with Crippen LogP contribution in [0.5, 0.6) is 0 Å². The van der Waals surface area contributed by atoms with E-state index < -0.39 is 5.97 Å². The van der Waals surface area contributed by atoms with Gasteiger partial charge in [0, 0.05) is 18.0 Å². The van der Waals surface area contributed by atoms with Crippen LogP contribution < -0.4 is 0 Å². The van der Waals surface area contributed by atoms with Crippen LogP contribution in [-0.4, -0.2) is 46.4 Å². The molecule has 0 aliphatic carbocycles. The van der Waals surface area contributed by atoms with Gasteiger partial charge in [0.05, 0.1) is 12.8 Å². The molecule has 1 heterocycles. The molecule has 1 aromatic carbocycles. The van der Waals surface area contributed by atoms with Gasteiger partial charge in [-0.2, -0.15) is 9.78 Å². The molecule has 27 heavy (non-hydrogen) atoms. The molecule has 1 aromatic heterocycles. The van der Waals surface area contributed by atoms with Crippen LogP contribution in [0.25, 0.3) is 0 Å². The largest absolute Gasteiger partial charge is 0.462 e. The molecule has 0 atom stereocenters. The first kappa shape index (κ1) is 21.0. The van der Waals surface area contributed by atoms with Crippen LogP contribution in [0.15, 0.2) is 34.3 Å². The first-order valence-electron chi connectivity index (χ1n) is 9.29. The van der Waals surface area contributed by atoms with E-state index in [9.17, 15) is 9.59 Å². The van der Waals surface area contributed by atoms with E-state index in [1.165, 1.54) is 28.2 Å². The van der Waals surface area contributed by atoms with Gasteiger partial charge in [0.2, 0.25) is 0 Å². The number of aryl methyl sites for hydroxylation is 2. The summed E-state index contributed by atoms with van der Waals surface area (Å²) in [5.74, 6) is -0.467. The Hall–Kier alpha value is -2.28. The topological polar surface area (TPSA) is 64.4 Å². The predicted molar refractivity (Wildman–Crippen MR) is 107 cm³/mol. The van der Waals surface area contributed by atoms with Crippen molar-refractivity contribution >= 4 is 23.8 Å². The van der Waals surface area contributed by atoms with Gasteiger partial charge in [0.25, 0.3) is 0 Å². The number of ether oxygens (including phenoxy) is 1. The third-order valence-corrected chi connectivity index (χ3v) is 5.56. The molecule has 1 amide bonds. The fraction of sp³-hybridized carbons (Fsp3) is 0.450. The standard InChI is InChI=1S/C20H27N3O3S/c1-6-15-12-10-11-14(5)17(15)27-18-16(19(24)26-9-4)13-23(21-18)20(25)22(7-2)8-3/h10-13H,6-9H2,1-5H3. The first-order chi connectivity index (χ1) is 13.0. The van der Waals surface area contributed by atoms with Gasteiger partial charge in [0.1, 0.15) is 10.6 Å². The number of carbonyl (C=O) groups excluding carboxylic acids is 2. The lowest BCUT2D eigenvalue weighted by molar-refractivity contribution is 0.0522. The summed E-state index contributed by atoms with van der Waals surface area (Å²) in [5.41, 5.74) is 2.60. The van der Waals surface area contributed by atoms with E-state index in [4.69, 9.17) is 4.74 Å². The molecule has 0 N–H and O–H groups in total. The van der Waals surface area contributed by atoms with Crippen molar-refractivity contribution < 1.29 is 14.3 Å². The van der Waals surface area contributed by atoms with E-state index in [1.54, 1.807) is 11.8 Å². The van der Waals surface area contributed by atoms with Gasteiger partial charge in [-0.3, -0.25) is 0 Å². The predicted octanol–water partition coefficient (Wildman–Crippen LogP) is 4.39. The molecule has 2 aromatic rings. The number of hydrogen-bond donors (Lipinski definition) is 0. The normalized spacial score (nSPS) is 10.7. The lowest BCUT2D eigenvalue weighted by atomic mass is 10.1. The summed E-state index contributed by atoms with van der Waals surface area (Å²) < 4.78 is 6.41. The maximum absolute atomic E-state index is 12.7. The quantitative estimate of drug-likeness (QED) is 0.657. The van der Waals surface area contributed by atoms with E-state index in [2.05, 4.69) is 18.1 Å². The monoisotopic (exact) mass is 389 g/mol. The highest BCUT2D eigenvalue weighted by atomic mass is 32.2. The summed E-state index contributed by atoms with van der Waals surface area (Å²) >= 11 is 1.41. The molecule has 0 unspecified atom stereocenters. The van der Waals surface area contributed by atoms with Gasteiger partial charge in [0.15, 0.2) is 0 Å². The Labute approximate surface area is 164 Å². The van der Waals surface area contributed by atoms with Crippen LogP contribution in [0.1, 0.15) is 49.2 Å². The molecule has 0 radical (unpaired) electrons. The van der Waals surface area contributed by atoms with Crippen molar-refractivity contribution in [3.63, 3.8) is 0 Å². The number of hydrogen-bond acceptors (Lipinski definition) is 5. The fourth-order valence-electron chi connectivity index (χ4n) is 2.75. The van der Waals surface area contributed by atoms with Crippen LogP contribution in [0, 0.1) is 6.92 Å². The summed E-state index contributed by atoms with van der Waals surface area (Å²) in [4.78, 5) is 27.8. The first-order valence-corrected chi connectivity index (χ1v) is 10.1. The molecule has 0 aliphatic rings. The molecule has 7 heteroatoms. The minimum atomic E-state index is -0.467. The van der Waals surface area contributed by atoms with E-state index in [0.29, 0.717) is 23.7 Å². The highest BCUT2D eigenvalue weighted by Crippen LogP contribution is 2.35. The zero-order valence-electron chi connectivity index (χ0n) is 16.6. The number of benzene rings is 1. The van der Waals surface area contributed by atoms with Crippen molar-refractivity contribution in [2.45, 2.75) is 51.0 Å².